The van der Waals surface area contributed by atoms with Gasteiger partial charge in [-0.25, -0.2) is 4.39 Å². The molecule has 0 bridgehead atoms. The van der Waals surface area contributed by atoms with Crippen molar-refractivity contribution in [3.63, 3.8) is 0 Å². The van der Waals surface area contributed by atoms with Gasteiger partial charge in [0.1, 0.15) is 5.82 Å². The minimum Gasteiger partial charge on any atom is -0.481 e. The molecule has 0 unspecified atom stereocenters. The number of halogens is 1. The number of amides is 1. The van der Waals surface area contributed by atoms with Gasteiger partial charge in [-0.3, -0.25) is 14.4 Å². The summed E-state index contributed by atoms with van der Waals surface area (Å²) in [6.45, 7) is 0.274. The summed E-state index contributed by atoms with van der Waals surface area (Å²) in [5.41, 5.74) is 0.366. The van der Waals surface area contributed by atoms with Crippen LogP contribution in [-0.2, 0) is 9.59 Å². The van der Waals surface area contributed by atoms with Gasteiger partial charge in [0.2, 0.25) is 5.91 Å². The second-order valence-corrected chi connectivity index (χ2v) is 4.28. The molecular formula is C14H16FNO4. The molecule has 0 aliphatic carbocycles. The number of nitrogens with one attached hydrogen (secondary N) is 1. The van der Waals surface area contributed by atoms with Crippen molar-refractivity contribution >= 4 is 17.7 Å². The Labute approximate surface area is 115 Å². The number of rotatable bonds is 8. The van der Waals surface area contributed by atoms with E-state index >= 15 is 0 Å². The molecular weight excluding hydrogens is 265 g/mol. The molecule has 0 heterocycles. The van der Waals surface area contributed by atoms with E-state index in [4.69, 9.17) is 5.11 Å². The Kier molecular flexibility index (Phi) is 6.36. The third kappa shape index (κ3) is 6.08. The molecule has 2 N–H and O–H groups in total. The number of carboxylic acids is 1. The van der Waals surface area contributed by atoms with Crippen LogP contribution in [0.15, 0.2) is 24.3 Å². The summed E-state index contributed by atoms with van der Waals surface area (Å²) in [6, 6.07) is 5.14. The number of carboxylic acid groups (broad SMARTS) is 1. The fourth-order valence-electron chi connectivity index (χ4n) is 1.56. The number of benzene rings is 1. The lowest BCUT2D eigenvalue weighted by Crippen LogP contribution is -2.25. The highest BCUT2D eigenvalue weighted by Gasteiger charge is 2.09. The predicted octanol–water partition coefficient (Wildman–Crippen LogP) is 1.77. The summed E-state index contributed by atoms with van der Waals surface area (Å²) in [7, 11) is 0. The van der Waals surface area contributed by atoms with Crippen molar-refractivity contribution < 1.29 is 23.9 Å². The van der Waals surface area contributed by atoms with Crippen LogP contribution >= 0.6 is 0 Å². The molecule has 108 valence electrons. The highest BCUT2D eigenvalue weighted by molar-refractivity contribution is 5.97. The second-order valence-electron chi connectivity index (χ2n) is 4.28. The topological polar surface area (TPSA) is 83.5 Å². The van der Waals surface area contributed by atoms with Crippen LogP contribution in [0.3, 0.4) is 0 Å². The van der Waals surface area contributed by atoms with Crippen LogP contribution in [0.4, 0.5) is 4.39 Å². The SMILES string of the molecule is O=C(O)CCCNC(=O)CCC(=O)c1ccc(F)cc1. The van der Waals surface area contributed by atoms with Crippen molar-refractivity contribution in [2.24, 2.45) is 0 Å². The number of hydrogen-bond acceptors (Lipinski definition) is 3. The van der Waals surface area contributed by atoms with E-state index in [1.54, 1.807) is 0 Å². The van der Waals surface area contributed by atoms with Crippen LogP contribution in [-0.4, -0.2) is 29.3 Å². The molecule has 20 heavy (non-hydrogen) atoms. The van der Waals surface area contributed by atoms with Crippen LogP contribution in [0.2, 0.25) is 0 Å². The van der Waals surface area contributed by atoms with Gasteiger partial charge in [0.05, 0.1) is 0 Å². The quantitative estimate of drug-likeness (QED) is 0.562. The van der Waals surface area contributed by atoms with Gasteiger partial charge in [-0.05, 0) is 30.7 Å². The number of hydrogen-bond donors (Lipinski definition) is 2. The molecule has 0 aliphatic heterocycles. The number of Topliss-reactive ketones (excluding diaryl/α,β-unsaturated/α-hetero) is 1. The average molecular weight is 281 g/mol. The third-order valence-electron chi connectivity index (χ3n) is 2.63. The van der Waals surface area contributed by atoms with E-state index in [2.05, 4.69) is 5.32 Å². The third-order valence-corrected chi connectivity index (χ3v) is 2.63. The molecule has 0 saturated carbocycles. The van der Waals surface area contributed by atoms with Gasteiger partial charge in [0, 0.05) is 31.4 Å². The predicted molar refractivity (Wildman–Crippen MR) is 69.8 cm³/mol. The Hall–Kier alpha value is -2.24. The molecule has 0 aliphatic rings. The van der Waals surface area contributed by atoms with E-state index in [9.17, 15) is 18.8 Å². The standard InChI is InChI=1S/C14H16FNO4/c15-11-5-3-10(4-6-11)12(17)7-8-13(18)16-9-1-2-14(19)20/h3-6H,1-2,7-9H2,(H,16,18)(H,19,20). The maximum absolute atomic E-state index is 12.7. The fraction of sp³-hybridized carbons (Fsp3) is 0.357. The summed E-state index contributed by atoms with van der Waals surface area (Å²) in [6.07, 6.45) is 0.418. The Balaban J connectivity index is 2.25. The molecule has 6 heteroatoms. The molecule has 0 atom stereocenters. The van der Waals surface area contributed by atoms with Crippen molar-refractivity contribution in [1.29, 1.82) is 0 Å². The van der Waals surface area contributed by atoms with Crippen LogP contribution < -0.4 is 5.32 Å². The normalized spacial score (nSPS) is 10.1. The zero-order valence-electron chi connectivity index (χ0n) is 10.9. The lowest BCUT2D eigenvalue weighted by Gasteiger charge is -2.04. The number of carbonyl (C=O) groups is 3. The summed E-state index contributed by atoms with van der Waals surface area (Å²) in [4.78, 5) is 33.4. The highest BCUT2D eigenvalue weighted by Crippen LogP contribution is 2.07. The van der Waals surface area contributed by atoms with Crippen molar-refractivity contribution in [3.8, 4) is 0 Å². The van der Waals surface area contributed by atoms with E-state index < -0.39 is 11.8 Å². The Morgan fingerprint density at radius 2 is 1.70 bits per heavy atom. The van der Waals surface area contributed by atoms with E-state index in [1.165, 1.54) is 24.3 Å². The zero-order valence-corrected chi connectivity index (χ0v) is 10.9. The van der Waals surface area contributed by atoms with E-state index in [0.717, 1.165) is 0 Å². The molecule has 5 nitrogen and oxygen atoms in total. The van der Waals surface area contributed by atoms with Crippen LogP contribution in [0.1, 0.15) is 36.0 Å². The minimum absolute atomic E-state index is 0.00517. The molecule has 1 aromatic carbocycles. The van der Waals surface area contributed by atoms with Gasteiger partial charge in [-0.15, -0.1) is 0 Å². The van der Waals surface area contributed by atoms with Gasteiger partial charge >= 0.3 is 5.97 Å². The number of ketones is 1. The number of carbonyl (C=O) groups excluding carboxylic acids is 2. The Morgan fingerprint density at radius 1 is 1.05 bits per heavy atom. The zero-order chi connectivity index (χ0) is 15.0. The summed E-state index contributed by atoms with van der Waals surface area (Å²) < 4.78 is 12.7. The van der Waals surface area contributed by atoms with Crippen molar-refractivity contribution in [2.75, 3.05) is 6.54 Å². The molecule has 0 radical (unpaired) electrons. The van der Waals surface area contributed by atoms with E-state index in [1.807, 2.05) is 0 Å². The van der Waals surface area contributed by atoms with Crippen molar-refractivity contribution in [3.05, 3.63) is 35.6 Å². The molecule has 0 aromatic heterocycles. The summed E-state index contributed by atoms with van der Waals surface area (Å²) in [5, 5.41) is 11.0. The highest BCUT2D eigenvalue weighted by atomic mass is 19.1. The van der Waals surface area contributed by atoms with Crippen LogP contribution in [0, 0.1) is 5.82 Å². The van der Waals surface area contributed by atoms with Gasteiger partial charge in [-0.2, -0.15) is 0 Å². The molecule has 1 amide bonds. The molecule has 0 saturated heterocycles. The van der Waals surface area contributed by atoms with Crippen LogP contribution in [0.5, 0.6) is 0 Å². The van der Waals surface area contributed by atoms with Crippen LogP contribution in [0.25, 0.3) is 0 Å². The first kappa shape index (κ1) is 15.8. The maximum atomic E-state index is 12.7. The Morgan fingerprint density at radius 3 is 2.30 bits per heavy atom. The molecule has 1 rings (SSSR count). The van der Waals surface area contributed by atoms with Crippen molar-refractivity contribution in [2.45, 2.75) is 25.7 Å². The molecule has 0 fully saturated rings. The minimum atomic E-state index is -0.911. The monoisotopic (exact) mass is 281 g/mol. The number of aliphatic carboxylic acids is 1. The smallest absolute Gasteiger partial charge is 0.303 e. The first-order valence-corrected chi connectivity index (χ1v) is 6.26. The van der Waals surface area contributed by atoms with Gasteiger partial charge < -0.3 is 10.4 Å². The van der Waals surface area contributed by atoms with Gasteiger partial charge in [0.15, 0.2) is 5.78 Å². The largest absolute Gasteiger partial charge is 0.481 e. The molecule has 1 aromatic rings. The van der Waals surface area contributed by atoms with Gasteiger partial charge in [-0.1, -0.05) is 0 Å². The maximum Gasteiger partial charge on any atom is 0.303 e. The van der Waals surface area contributed by atoms with E-state index in [0.29, 0.717) is 12.0 Å². The fourth-order valence-corrected chi connectivity index (χ4v) is 1.56. The van der Waals surface area contributed by atoms with Crippen molar-refractivity contribution in [1.82, 2.24) is 5.32 Å². The Bertz CT molecular complexity index is 484. The average Bonchev–Trinajstić information content (AvgIpc) is 2.41. The van der Waals surface area contributed by atoms with E-state index in [-0.39, 0.29) is 37.5 Å². The first-order chi connectivity index (χ1) is 9.49. The summed E-state index contributed by atoms with van der Waals surface area (Å²) in [5.74, 6) is -1.86. The first-order valence-electron chi connectivity index (χ1n) is 6.26. The molecule has 0 spiro atoms. The lowest BCUT2D eigenvalue weighted by atomic mass is 10.1. The lowest BCUT2D eigenvalue weighted by molar-refractivity contribution is -0.137. The summed E-state index contributed by atoms with van der Waals surface area (Å²) >= 11 is 0. The van der Waals surface area contributed by atoms with Gasteiger partial charge in [0.25, 0.3) is 0 Å². The second kappa shape index (κ2) is 8.04.